The molecule has 2 aromatic rings. The third kappa shape index (κ3) is 2.76. The summed E-state index contributed by atoms with van der Waals surface area (Å²) in [4.78, 5) is 0. The number of nitrogens with two attached hydrogens (primary N) is 1. The van der Waals surface area contributed by atoms with Gasteiger partial charge in [-0.15, -0.1) is 0 Å². The van der Waals surface area contributed by atoms with Crippen LogP contribution in [0.25, 0.3) is 0 Å². The van der Waals surface area contributed by atoms with Crippen LogP contribution in [0.2, 0.25) is 0 Å². The molecular formula is C14H14F2N2O. The van der Waals surface area contributed by atoms with Gasteiger partial charge in [-0.1, -0.05) is 0 Å². The molecule has 0 aromatic heterocycles. The lowest BCUT2D eigenvalue weighted by molar-refractivity contribution is 0.386. The van der Waals surface area contributed by atoms with E-state index in [1.54, 1.807) is 19.1 Å². The number of hydrogen-bond donors (Lipinski definition) is 2. The molecule has 0 aliphatic carbocycles. The van der Waals surface area contributed by atoms with Crippen LogP contribution in [0.5, 0.6) is 5.75 Å². The number of halogens is 2. The molecule has 0 fully saturated rings. The highest BCUT2D eigenvalue weighted by molar-refractivity contribution is 5.73. The Morgan fingerprint density at radius 2 is 1.84 bits per heavy atom. The predicted molar refractivity (Wildman–Crippen MR) is 71.8 cm³/mol. The Balaban J connectivity index is 2.31. The minimum atomic E-state index is -0.482. The fourth-order valence-electron chi connectivity index (χ4n) is 1.70. The minimum Gasteiger partial charge on any atom is -0.494 e. The maximum Gasteiger partial charge on any atom is 0.167 e. The molecule has 19 heavy (non-hydrogen) atoms. The Labute approximate surface area is 110 Å². The maximum absolute atomic E-state index is 13.5. The number of benzene rings is 2. The summed E-state index contributed by atoms with van der Waals surface area (Å²) in [5.41, 5.74) is 7.48. The van der Waals surface area contributed by atoms with Gasteiger partial charge in [0.25, 0.3) is 0 Å². The van der Waals surface area contributed by atoms with Crippen LogP contribution in [0.3, 0.4) is 0 Å². The normalized spacial score (nSPS) is 10.3. The van der Waals surface area contributed by atoms with E-state index >= 15 is 0 Å². The molecule has 3 N–H and O–H groups in total. The molecule has 0 heterocycles. The predicted octanol–water partition coefficient (Wildman–Crippen LogP) is 3.61. The molecule has 100 valence electrons. The molecule has 0 saturated carbocycles. The third-order valence-corrected chi connectivity index (χ3v) is 2.76. The molecule has 0 spiro atoms. The first-order valence-electron chi connectivity index (χ1n) is 5.67. The van der Waals surface area contributed by atoms with Gasteiger partial charge in [0.05, 0.1) is 18.5 Å². The molecule has 0 saturated heterocycles. The fraction of sp³-hybridized carbons (Fsp3) is 0.143. The fourth-order valence-corrected chi connectivity index (χ4v) is 1.70. The largest absolute Gasteiger partial charge is 0.494 e. The van der Waals surface area contributed by atoms with E-state index in [0.717, 1.165) is 0 Å². The van der Waals surface area contributed by atoms with Gasteiger partial charge in [-0.3, -0.25) is 0 Å². The first kappa shape index (κ1) is 13.1. The number of nitrogens with one attached hydrogen (secondary N) is 1. The molecule has 3 nitrogen and oxygen atoms in total. The van der Waals surface area contributed by atoms with Crippen molar-refractivity contribution in [3.63, 3.8) is 0 Å². The van der Waals surface area contributed by atoms with Crippen LogP contribution < -0.4 is 15.8 Å². The zero-order valence-electron chi connectivity index (χ0n) is 10.6. The number of anilines is 3. The topological polar surface area (TPSA) is 47.3 Å². The van der Waals surface area contributed by atoms with Gasteiger partial charge in [0.1, 0.15) is 5.82 Å². The molecule has 0 bridgehead atoms. The minimum absolute atomic E-state index is 0.161. The van der Waals surface area contributed by atoms with E-state index in [-0.39, 0.29) is 17.3 Å². The van der Waals surface area contributed by atoms with Crippen LogP contribution in [0.15, 0.2) is 30.3 Å². The van der Waals surface area contributed by atoms with Crippen molar-refractivity contribution in [2.24, 2.45) is 0 Å². The monoisotopic (exact) mass is 264 g/mol. The molecule has 2 aromatic carbocycles. The van der Waals surface area contributed by atoms with Crippen molar-refractivity contribution in [1.82, 2.24) is 0 Å². The highest BCUT2D eigenvalue weighted by Gasteiger charge is 2.07. The zero-order valence-corrected chi connectivity index (χ0v) is 10.6. The Morgan fingerprint density at radius 1 is 1.11 bits per heavy atom. The molecule has 0 aliphatic rings. The van der Waals surface area contributed by atoms with Crippen molar-refractivity contribution >= 4 is 17.1 Å². The summed E-state index contributed by atoms with van der Waals surface area (Å²) < 4.78 is 31.6. The Hall–Kier alpha value is -2.30. The van der Waals surface area contributed by atoms with Crippen molar-refractivity contribution in [1.29, 1.82) is 0 Å². The van der Waals surface area contributed by atoms with Crippen LogP contribution in [0.1, 0.15) is 5.56 Å². The molecular weight excluding hydrogens is 250 g/mol. The van der Waals surface area contributed by atoms with Crippen LogP contribution in [0, 0.1) is 18.6 Å². The summed E-state index contributed by atoms with van der Waals surface area (Å²) >= 11 is 0. The van der Waals surface area contributed by atoms with E-state index in [0.29, 0.717) is 16.9 Å². The van der Waals surface area contributed by atoms with Gasteiger partial charge in [-0.2, -0.15) is 0 Å². The smallest absolute Gasteiger partial charge is 0.167 e. The Bertz CT molecular complexity index is 615. The van der Waals surface area contributed by atoms with Gasteiger partial charge >= 0.3 is 0 Å². The average molecular weight is 264 g/mol. The molecule has 2 rings (SSSR count). The molecule has 0 atom stereocenters. The number of hydrogen-bond acceptors (Lipinski definition) is 3. The maximum atomic E-state index is 13.5. The summed E-state index contributed by atoms with van der Waals surface area (Å²) in [6.45, 7) is 1.63. The van der Waals surface area contributed by atoms with Crippen molar-refractivity contribution in [3.05, 3.63) is 47.5 Å². The number of nitrogen functional groups attached to an aromatic ring is 1. The van der Waals surface area contributed by atoms with Gasteiger partial charge in [0.2, 0.25) is 0 Å². The van der Waals surface area contributed by atoms with Crippen LogP contribution in [0.4, 0.5) is 25.8 Å². The first-order valence-corrected chi connectivity index (χ1v) is 5.67. The Kier molecular flexibility index (Phi) is 3.55. The molecule has 5 heteroatoms. The van der Waals surface area contributed by atoms with E-state index < -0.39 is 5.82 Å². The zero-order chi connectivity index (χ0) is 14.0. The van der Waals surface area contributed by atoms with Crippen molar-refractivity contribution < 1.29 is 13.5 Å². The van der Waals surface area contributed by atoms with Crippen molar-refractivity contribution in [2.45, 2.75) is 6.92 Å². The highest BCUT2D eigenvalue weighted by atomic mass is 19.1. The van der Waals surface area contributed by atoms with E-state index in [9.17, 15) is 8.78 Å². The van der Waals surface area contributed by atoms with Crippen LogP contribution >= 0.6 is 0 Å². The standard InChI is InChI=1S/C14H14F2N2O/c1-8-5-13(12(17)7-10(8)15)18-9-3-4-14(19-2)11(16)6-9/h3-7,18H,17H2,1-2H3. The van der Waals surface area contributed by atoms with Gasteiger partial charge in [0, 0.05) is 11.8 Å². The summed E-state index contributed by atoms with van der Waals surface area (Å²) in [6, 6.07) is 7.26. The summed E-state index contributed by atoms with van der Waals surface area (Å²) in [7, 11) is 1.40. The van der Waals surface area contributed by atoms with E-state index in [2.05, 4.69) is 5.32 Å². The van der Waals surface area contributed by atoms with Gasteiger partial charge in [-0.25, -0.2) is 8.78 Å². The van der Waals surface area contributed by atoms with Gasteiger partial charge in [-0.05, 0) is 36.8 Å². The summed E-state index contributed by atoms with van der Waals surface area (Å²) in [5.74, 6) is -0.692. The second-order valence-electron chi connectivity index (χ2n) is 4.16. The molecule has 0 radical (unpaired) electrons. The lowest BCUT2D eigenvalue weighted by atomic mass is 10.1. The second kappa shape index (κ2) is 5.14. The quantitative estimate of drug-likeness (QED) is 0.832. The number of rotatable bonds is 3. The van der Waals surface area contributed by atoms with E-state index in [1.165, 1.54) is 25.3 Å². The molecule has 0 unspecified atom stereocenters. The lowest BCUT2D eigenvalue weighted by Crippen LogP contribution is -1.99. The average Bonchev–Trinajstić information content (AvgIpc) is 2.36. The molecule has 0 amide bonds. The van der Waals surface area contributed by atoms with E-state index in [4.69, 9.17) is 10.5 Å². The number of aryl methyl sites for hydroxylation is 1. The van der Waals surface area contributed by atoms with E-state index in [1.807, 2.05) is 0 Å². The van der Waals surface area contributed by atoms with Crippen molar-refractivity contribution in [2.75, 3.05) is 18.2 Å². The summed E-state index contributed by atoms with van der Waals surface area (Å²) in [6.07, 6.45) is 0. The Morgan fingerprint density at radius 3 is 2.47 bits per heavy atom. The van der Waals surface area contributed by atoms with Crippen molar-refractivity contribution in [3.8, 4) is 5.75 Å². The molecule has 0 aliphatic heterocycles. The first-order chi connectivity index (χ1) is 9.01. The number of ether oxygens (including phenoxy) is 1. The third-order valence-electron chi connectivity index (χ3n) is 2.76. The second-order valence-corrected chi connectivity index (χ2v) is 4.16. The van der Waals surface area contributed by atoms with Gasteiger partial charge in [0.15, 0.2) is 11.6 Å². The lowest BCUT2D eigenvalue weighted by Gasteiger charge is -2.12. The van der Waals surface area contributed by atoms with Crippen LogP contribution in [-0.2, 0) is 0 Å². The van der Waals surface area contributed by atoms with Gasteiger partial charge < -0.3 is 15.8 Å². The number of methoxy groups -OCH3 is 1. The summed E-state index contributed by atoms with van der Waals surface area (Å²) in [5, 5.41) is 2.95. The SMILES string of the molecule is COc1ccc(Nc2cc(C)c(F)cc2N)cc1F. The van der Waals surface area contributed by atoms with Crippen LogP contribution in [-0.4, -0.2) is 7.11 Å². The highest BCUT2D eigenvalue weighted by Crippen LogP contribution is 2.28.